The minimum atomic E-state index is 0.140. The molecule has 0 saturated carbocycles. The zero-order chi connectivity index (χ0) is 20.8. The zero-order valence-electron chi connectivity index (χ0n) is 18.1. The molecule has 1 heterocycles. The lowest BCUT2D eigenvalue weighted by Gasteiger charge is -2.39. The largest absolute Gasteiger partial charge is 0.494 e. The highest BCUT2D eigenvalue weighted by Gasteiger charge is 2.34. The summed E-state index contributed by atoms with van der Waals surface area (Å²) >= 11 is 6.06. The predicted molar refractivity (Wildman–Crippen MR) is 121 cm³/mol. The zero-order valence-corrected chi connectivity index (χ0v) is 18.9. The van der Waals surface area contributed by atoms with Crippen LogP contribution in [-0.2, 0) is 4.74 Å². The van der Waals surface area contributed by atoms with Crippen LogP contribution in [0.3, 0.4) is 0 Å². The average molecular weight is 416 g/mol. The second-order valence-electron chi connectivity index (χ2n) is 8.72. The van der Waals surface area contributed by atoms with Crippen LogP contribution in [0.2, 0.25) is 5.02 Å². The van der Waals surface area contributed by atoms with E-state index >= 15 is 0 Å². The van der Waals surface area contributed by atoms with Crippen molar-refractivity contribution in [3.8, 4) is 5.75 Å². The van der Waals surface area contributed by atoms with Crippen LogP contribution < -0.4 is 4.74 Å². The Hall–Kier alpha value is -1.55. The Bertz CT molecular complexity index is 742. The van der Waals surface area contributed by atoms with E-state index in [1.165, 1.54) is 11.1 Å². The third-order valence-electron chi connectivity index (χ3n) is 5.85. The first-order chi connectivity index (χ1) is 13.9. The molecule has 0 aromatic heterocycles. The number of nitrogens with zero attached hydrogens (tertiary/aromatic N) is 1. The highest BCUT2D eigenvalue weighted by atomic mass is 35.5. The highest BCUT2D eigenvalue weighted by molar-refractivity contribution is 6.30. The van der Waals surface area contributed by atoms with Crippen LogP contribution in [0.15, 0.2) is 48.5 Å². The first-order valence-corrected chi connectivity index (χ1v) is 11.1. The van der Waals surface area contributed by atoms with Gasteiger partial charge < -0.3 is 14.4 Å². The van der Waals surface area contributed by atoms with Gasteiger partial charge in [0.05, 0.1) is 19.3 Å². The van der Waals surface area contributed by atoms with E-state index in [4.69, 9.17) is 21.1 Å². The molecule has 1 saturated heterocycles. The highest BCUT2D eigenvalue weighted by Crippen LogP contribution is 2.43. The Labute approximate surface area is 181 Å². The third-order valence-corrected chi connectivity index (χ3v) is 6.10. The smallest absolute Gasteiger partial charge is 0.119 e. The third kappa shape index (κ3) is 6.21. The van der Waals surface area contributed by atoms with Gasteiger partial charge in [0.25, 0.3) is 0 Å². The van der Waals surface area contributed by atoms with E-state index in [0.717, 1.165) is 43.4 Å². The van der Waals surface area contributed by atoms with Gasteiger partial charge >= 0.3 is 0 Å². The first kappa shape index (κ1) is 22.1. The van der Waals surface area contributed by atoms with Crippen molar-refractivity contribution in [2.24, 2.45) is 11.8 Å². The minimum absolute atomic E-state index is 0.140. The standard InChI is InChI=1S/C25H34ClNO2/c1-18(2)24-16-21(19-6-10-22(26)11-7-19)17-29-25(24)20-8-12-23(13-9-20)28-15-5-14-27(3)4/h6-13,18,21,24-25H,5,14-17H2,1-4H3/t21-,24-,25-/m0/s1. The van der Waals surface area contributed by atoms with E-state index in [1.807, 2.05) is 12.1 Å². The summed E-state index contributed by atoms with van der Waals surface area (Å²) < 4.78 is 12.3. The summed E-state index contributed by atoms with van der Waals surface area (Å²) in [5, 5.41) is 0.785. The summed E-state index contributed by atoms with van der Waals surface area (Å²) in [7, 11) is 4.17. The second kappa shape index (κ2) is 10.5. The van der Waals surface area contributed by atoms with E-state index in [2.05, 4.69) is 69.2 Å². The van der Waals surface area contributed by atoms with Gasteiger partial charge in [-0.3, -0.25) is 0 Å². The van der Waals surface area contributed by atoms with Crippen LogP contribution in [-0.4, -0.2) is 38.8 Å². The van der Waals surface area contributed by atoms with Gasteiger partial charge in [-0.25, -0.2) is 0 Å². The van der Waals surface area contributed by atoms with Crippen LogP contribution in [0.25, 0.3) is 0 Å². The molecule has 3 nitrogen and oxygen atoms in total. The lowest BCUT2D eigenvalue weighted by atomic mass is 9.76. The number of rotatable bonds is 8. The van der Waals surface area contributed by atoms with Crippen molar-refractivity contribution in [3.63, 3.8) is 0 Å². The van der Waals surface area contributed by atoms with Crippen LogP contribution >= 0.6 is 11.6 Å². The van der Waals surface area contributed by atoms with Crippen molar-refractivity contribution in [3.05, 3.63) is 64.7 Å². The normalized spacial score (nSPS) is 22.2. The fourth-order valence-corrected chi connectivity index (χ4v) is 4.25. The second-order valence-corrected chi connectivity index (χ2v) is 9.16. The molecule has 0 aliphatic carbocycles. The molecule has 158 valence electrons. The van der Waals surface area contributed by atoms with Crippen molar-refractivity contribution < 1.29 is 9.47 Å². The molecular weight excluding hydrogens is 382 g/mol. The van der Waals surface area contributed by atoms with Crippen molar-refractivity contribution >= 4 is 11.6 Å². The molecule has 0 spiro atoms. The Kier molecular flexibility index (Phi) is 7.99. The van der Waals surface area contributed by atoms with Gasteiger partial charge in [-0.1, -0.05) is 49.7 Å². The maximum Gasteiger partial charge on any atom is 0.119 e. The lowest BCUT2D eigenvalue weighted by molar-refractivity contribution is -0.0552. The molecule has 0 N–H and O–H groups in total. The average Bonchev–Trinajstić information content (AvgIpc) is 2.72. The molecule has 1 fully saturated rings. The minimum Gasteiger partial charge on any atom is -0.494 e. The van der Waals surface area contributed by atoms with Gasteiger partial charge in [0.2, 0.25) is 0 Å². The van der Waals surface area contributed by atoms with Crippen LogP contribution in [0.4, 0.5) is 0 Å². The molecule has 2 aromatic rings. The molecule has 0 bridgehead atoms. The van der Waals surface area contributed by atoms with Crippen LogP contribution in [0.1, 0.15) is 49.8 Å². The van der Waals surface area contributed by atoms with Crippen molar-refractivity contribution in [2.45, 2.75) is 38.7 Å². The van der Waals surface area contributed by atoms with E-state index in [0.29, 0.717) is 17.8 Å². The summed E-state index contributed by atoms with van der Waals surface area (Å²) in [5.74, 6) is 2.40. The summed E-state index contributed by atoms with van der Waals surface area (Å²) in [6.07, 6.45) is 2.30. The van der Waals surface area contributed by atoms with Crippen LogP contribution in [0, 0.1) is 11.8 Å². The molecule has 3 atom stereocenters. The molecule has 29 heavy (non-hydrogen) atoms. The van der Waals surface area contributed by atoms with Crippen LogP contribution in [0.5, 0.6) is 5.75 Å². The van der Waals surface area contributed by atoms with Gasteiger partial charge in [0, 0.05) is 17.5 Å². The Morgan fingerprint density at radius 2 is 1.69 bits per heavy atom. The number of hydrogen-bond acceptors (Lipinski definition) is 3. The Morgan fingerprint density at radius 3 is 2.31 bits per heavy atom. The number of benzene rings is 2. The van der Waals surface area contributed by atoms with Crippen molar-refractivity contribution in [1.82, 2.24) is 4.90 Å². The summed E-state index contributed by atoms with van der Waals surface area (Å²) in [6, 6.07) is 16.7. The fraction of sp³-hybridized carbons (Fsp3) is 0.520. The topological polar surface area (TPSA) is 21.7 Å². The molecule has 3 rings (SSSR count). The van der Waals surface area contributed by atoms with Crippen molar-refractivity contribution in [1.29, 1.82) is 0 Å². The summed E-state index contributed by atoms with van der Waals surface area (Å²) in [4.78, 5) is 2.18. The molecule has 0 radical (unpaired) electrons. The SMILES string of the molecule is CC(C)[C@@H]1C[C@H](c2ccc(Cl)cc2)CO[C@H]1c1ccc(OCCCN(C)C)cc1. The monoisotopic (exact) mass is 415 g/mol. The molecule has 1 aliphatic heterocycles. The number of hydrogen-bond donors (Lipinski definition) is 0. The van der Waals surface area contributed by atoms with Gasteiger partial charge in [0.15, 0.2) is 0 Å². The Balaban J connectivity index is 1.63. The van der Waals surface area contributed by atoms with E-state index < -0.39 is 0 Å². The lowest BCUT2D eigenvalue weighted by Crippen LogP contribution is -2.31. The van der Waals surface area contributed by atoms with E-state index in [1.54, 1.807) is 0 Å². The summed E-state index contributed by atoms with van der Waals surface area (Å²) in [6.45, 7) is 7.13. The van der Waals surface area contributed by atoms with E-state index in [-0.39, 0.29) is 6.10 Å². The maximum absolute atomic E-state index is 6.42. The molecule has 0 unspecified atom stereocenters. The Morgan fingerprint density at radius 1 is 1.03 bits per heavy atom. The van der Waals surface area contributed by atoms with Gasteiger partial charge in [-0.05, 0) is 74.2 Å². The molecular formula is C25H34ClNO2. The van der Waals surface area contributed by atoms with Gasteiger partial charge in [-0.15, -0.1) is 0 Å². The van der Waals surface area contributed by atoms with Crippen molar-refractivity contribution in [2.75, 3.05) is 33.9 Å². The summed E-state index contributed by atoms with van der Waals surface area (Å²) in [5.41, 5.74) is 2.57. The molecule has 2 aromatic carbocycles. The fourth-order valence-electron chi connectivity index (χ4n) is 4.12. The molecule has 0 amide bonds. The van der Waals surface area contributed by atoms with Gasteiger partial charge in [0.1, 0.15) is 5.75 Å². The number of halogens is 1. The predicted octanol–water partition coefficient (Wildman–Crippen LogP) is 6.19. The quantitative estimate of drug-likeness (QED) is 0.480. The first-order valence-electron chi connectivity index (χ1n) is 10.7. The number of ether oxygens (including phenoxy) is 2. The van der Waals surface area contributed by atoms with E-state index in [9.17, 15) is 0 Å². The molecule has 4 heteroatoms. The molecule has 1 aliphatic rings. The van der Waals surface area contributed by atoms with Gasteiger partial charge in [-0.2, -0.15) is 0 Å². The maximum atomic E-state index is 6.42.